The average molecular weight is 374 g/mol. The van der Waals surface area contributed by atoms with E-state index in [1.165, 1.54) is 4.90 Å². The number of likely N-dealkylation sites (tertiary alicyclic amines) is 1. The molecule has 0 atom stereocenters. The van der Waals surface area contributed by atoms with Crippen molar-refractivity contribution < 1.29 is 9.59 Å². The first kappa shape index (κ1) is 18.7. The molecule has 0 bridgehead atoms. The van der Waals surface area contributed by atoms with Gasteiger partial charge in [0.05, 0.1) is 5.57 Å². The van der Waals surface area contributed by atoms with Crippen LogP contribution in [-0.2, 0) is 9.59 Å². The standard InChI is InChI=1S/C20H24ClN3O2/c1-4-11-24-19(25)17(14-5-7-15(21)8-6-14)18(20(24)26)23(3)16-9-12-22(2)13-10-16/h4-8,16H,1,9-13H2,2-3H3. The molecule has 0 spiro atoms. The fourth-order valence-electron chi connectivity index (χ4n) is 3.63. The zero-order chi connectivity index (χ0) is 18.8. The van der Waals surface area contributed by atoms with Crippen LogP contribution in [0.25, 0.3) is 5.57 Å². The minimum atomic E-state index is -0.271. The van der Waals surface area contributed by atoms with Gasteiger partial charge in [0, 0.05) is 24.7 Å². The van der Waals surface area contributed by atoms with Crippen molar-refractivity contribution in [1.82, 2.24) is 14.7 Å². The third-order valence-corrected chi connectivity index (χ3v) is 5.43. The first-order chi connectivity index (χ1) is 12.4. The molecule has 0 aliphatic carbocycles. The van der Waals surface area contributed by atoms with Gasteiger partial charge in [-0.2, -0.15) is 0 Å². The van der Waals surface area contributed by atoms with Crippen LogP contribution in [0.4, 0.5) is 0 Å². The number of hydrogen-bond donors (Lipinski definition) is 0. The molecule has 0 N–H and O–H groups in total. The van der Waals surface area contributed by atoms with E-state index in [2.05, 4.69) is 18.5 Å². The van der Waals surface area contributed by atoms with Gasteiger partial charge in [0.1, 0.15) is 5.70 Å². The molecule has 1 aromatic carbocycles. The maximum atomic E-state index is 13.0. The summed E-state index contributed by atoms with van der Waals surface area (Å²) in [6, 6.07) is 7.31. The third kappa shape index (κ3) is 3.41. The summed E-state index contributed by atoms with van der Waals surface area (Å²) < 4.78 is 0. The lowest BCUT2D eigenvalue weighted by Crippen LogP contribution is -2.43. The van der Waals surface area contributed by atoms with E-state index in [0.717, 1.165) is 25.9 Å². The Labute approximate surface area is 159 Å². The van der Waals surface area contributed by atoms with Crippen molar-refractivity contribution in [2.24, 2.45) is 0 Å². The van der Waals surface area contributed by atoms with Gasteiger partial charge >= 0.3 is 0 Å². The lowest BCUT2D eigenvalue weighted by molar-refractivity contribution is -0.137. The Morgan fingerprint density at radius 1 is 1.19 bits per heavy atom. The molecule has 1 saturated heterocycles. The Hall–Kier alpha value is -2.11. The Morgan fingerprint density at radius 3 is 2.38 bits per heavy atom. The van der Waals surface area contributed by atoms with Crippen LogP contribution >= 0.6 is 11.6 Å². The summed E-state index contributed by atoms with van der Waals surface area (Å²) >= 11 is 5.99. The van der Waals surface area contributed by atoms with Crippen molar-refractivity contribution in [2.75, 3.05) is 33.7 Å². The van der Waals surface area contributed by atoms with E-state index >= 15 is 0 Å². The monoisotopic (exact) mass is 373 g/mol. The molecule has 0 radical (unpaired) electrons. The number of likely N-dealkylation sites (N-methyl/N-ethyl adjacent to an activating group) is 1. The van der Waals surface area contributed by atoms with E-state index in [0.29, 0.717) is 21.9 Å². The van der Waals surface area contributed by atoms with Crippen molar-refractivity contribution in [3.05, 3.63) is 53.2 Å². The van der Waals surface area contributed by atoms with E-state index in [1.54, 1.807) is 30.3 Å². The van der Waals surface area contributed by atoms with Gasteiger partial charge in [0.2, 0.25) is 0 Å². The summed E-state index contributed by atoms with van der Waals surface area (Å²) in [5, 5.41) is 0.597. The molecule has 6 heteroatoms. The number of nitrogens with zero attached hydrogens (tertiary/aromatic N) is 3. The van der Waals surface area contributed by atoms with Gasteiger partial charge in [-0.25, -0.2) is 0 Å². The molecule has 2 aliphatic heterocycles. The Bertz CT molecular complexity index is 749. The minimum Gasteiger partial charge on any atom is -0.366 e. The van der Waals surface area contributed by atoms with Gasteiger partial charge in [-0.1, -0.05) is 29.8 Å². The normalized spacial score (nSPS) is 19.4. The quantitative estimate of drug-likeness (QED) is 0.588. The lowest BCUT2D eigenvalue weighted by atomic mass is 10.0. The Kier molecular flexibility index (Phi) is 5.49. The van der Waals surface area contributed by atoms with E-state index in [4.69, 9.17) is 11.6 Å². The maximum Gasteiger partial charge on any atom is 0.278 e. The highest BCUT2D eigenvalue weighted by Gasteiger charge is 2.41. The van der Waals surface area contributed by atoms with Crippen molar-refractivity contribution in [3.8, 4) is 0 Å². The number of piperidine rings is 1. The van der Waals surface area contributed by atoms with Crippen LogP contribution in [0, 0.1) is 0 Å². The largest absolute Gasteiger partial charge is 0.366 e. The number of halogens is 1. The second kappa shape index (κ2) is 7.64. The van der Waals surface area contributed by atoms with Crippen molar-refractivity contribution in [1.29, 1.82) is 0 Å². The molecule has 5 nitrogen and oxygen atoms in total. The lowest BCUT2D eigenvalue weighted by Gasteiger charge is -2.36. The second-order valence-corrected chi connectivity index (χ2v) is 7.32. The number of carbonyl (C=O) groups is 2. The molecule has 1 aromatic rings. The molecule has 1 fully saturated rings. The van der Waals surface area contributed by atoms with E-state index in [-0.39, 0.29) is 24.4 Å². The number of rotatable bonds is 5. The molecule has 2 amide bonds. The second-order valence-electron chi connectivity index (χ2n) is 6.89. The Balaban J connectivity index is 2.02. The average Bonchev–Trinajstić information content (AvgIpc) is 2.87. The van der Waals surface area contributed by atoms with Crippen LogP contribution in [0.2, 0.25) is 5.02 Å². The summed E-state index contributed by atoms with van der Waals surface area (Å²) in [7, 11) is 4.02. The van der Waals surface area contributed by atoms with Gasteiger partial charge in [0.25, 0.3) is 11.8 Å². The summed E-state index contributed by atoms with van der Waals surface area (Å²) in [5.74, 6) is -0.520. The van der Waals surface area contributed by atoms with Gasteiger partial charge in [-0.05, 0) is 50.7 Å². The van der Waals surface area contributed by atoms with Crippen LogP contribution in [0.1, 0.15) is 18.4 Å². The van der Waals surface area contributed by atoms with Crippen molar-refractivity contribution in [2.45, 2.75) is 18.9 Å². The summed E-state index contributed by atoms with van der Waals surface area (Å²) in [4.78, 5) is 31.5. The highest BCUT2D eigenvalue weighted by Crippen LogP contribution is 2.33. The van der Waals surface area contributed by atoms with Crippen LogP contribution < -0.4 is 0 Å². The number of imide groups is 1. The first-order valence-corrected chi connectivity index (χ1v) is 9.20. The summed E-state index contributed by atoms with van der Waals surface area (Å²) in [6.45, 7) is 5.84. The van der Waals surface area contributed by atoms with Crippen molar-refractivity contribution in [3.63, 3.8) is 0 Å². The Morgan fingerprint density at radius 2 is 1.81 bits per heavy atom. The smallest absolute Gasteiger partial charge is 0.278 e. The zero-order valence-corrected chi connectivity index (χ0v) is 16.0. The molecule has 0 unspecified atom stereocenters. The van der Waals surface area contributed by atoms with Crippen molar-refractivity contribution >= 4 is 29.0 Å². The van der Waals surface area contributed by atoms with Crippen LogP contribution in [0.3, 0.4) is 0 Å². The highest BCUT2D eigenvalue weighted by molar-refractivity contribution is 6.36. The highest BCUT2D eigenvalue weighted by atomic mass is 35.5. The molecular weight excluding hydrogens is 350 g/mol. The number of benzene rings is 1. The molecule has 3 rings (SSSR count). The van der Waals surface area contributed by atoms with Gasteiger partial charge in [0.15, 0.2) is 0 Å². The van der Waals surface area contributed by atoms with Gasteiger partial charge in [-0.15, -0.1) is 6.58 Å². The first-order valence-electron chi connectivity index (χ1n) is 8.82. The van der Waals surface area contributed by atoms with Crippen LogP contribution in [0.15, 0.2) is 42.6 Å². The third-order valence-electron chi connectivity index (χ3n) is 5.18. The van der Waals surface area contributed by atoms with E-state index in [9.17, 15) is 9.59 Å². The SMILES string of the molecule is C=CCN1C(=O)C(c2ccc(Cl)cc2)=C(N(C)C2CCN(C)CC2)C1=O. The fourth-order valence-corrected chi connectivity index (χ4v) is 3.75. The molecular formula is C20H24ClN3O2. The fraction of sp³-hybridized carbons (Fsp3) is 0.400. The molecule has 26 heavy (non-hydrogen) atoms. The maximum absolute atomic E-state index is 13.0. The number of carbonyl (C=O) groups excluding carboxylic acids is 2. The number of hydrogen-bond acceptors (Lipinski definition) is 4. The van der Waals surface area contributed by atoms with E-state index in [1.807, 2.05) is 11.9 Å². The summed E-state index contributed by atoms with van der Waals surface area (Å²) in [6.07, 6.45) is 3.51. The molecule has 2 aliphatic rings. The van der Waals surface area contributed by atoms with E-state index < -0.39 is 0 Å². The summed E-state index contributed by atoms with van der Waals surface area (Å²) in [5.41, 5.74) is 1.65. The molecule has 2 heterocycles. The number of amides is 2. The van der Waals surface area contributed by atoms with Gasteiger partial charge in [-0.3, -0.25) is 14.5 Å². The predicted octanol–water partition coefficient (Wildman–Crippen LogP) is 2.63. The minimum absolute atomic E-state index is 0.208. The molecule has 0 saturated carbocycles. The predicted molar refractivity (Wildman–Crippen MR) is 104 cm³/mol. The topological polar surface area (TPSA) is 43.9 Å². The van der Waals surface area contributed by atoms with Gasteiger partial charge < -0.3 is 9.80 Å². The molecule has 0 aromatic heterocycles. The van der Waals surface area contributed by atoms with Crippen LogP contribution in [-0.4, -0.2) is 66.3 Å². The molecule has 138 valence electrons. The zero-order valence-electron chi connectivity index (χ0n) is 15.2. The van der Waals surface area contributed by atoms with Crippen LogP contribution in [0.5, 0.6) is 0 Å².